The van der Waals surface area contributed by atoms with Crippen molar-refractivity contribution in [3.8, 4) is 0 Å². The third-order valence-electron chi connectivity index (χ3n) is 2.88. The van der Waals surface area contributed by atoms with Gasteiger partial charge in [-0.15, -0.1) is 0 Å². The number of ether oxygens (including phenoxy) is 1. The van der Waals surface area contributed by atoms with E-state index in [0.29, 0.717) is 18.8 Å². The van der Waals surface area contributed by atoms with Crippen molar-refractivity contribution in [1.82, 2.24) is 10.3 Å². The van der Waals surface area contributed by atoms with Crippen LogP contribution < -0.4 is 5.32 Å². The van der Waals surface area contributed by atoms with Crippen molar-refractivity contribution < 1.29 is 9.53 Å². The molecule has 0 bridgehead atoms. The summed E-state index contributed by atoms with van der Waals surface area (Å²) in [7, 11) is 0. The van der Waals surface area contributed by atoms with Crippen molar-refractivity contribution in [3.05, 3.63) is 29.6 Å². The molecule has 0 radical (unpaired) electrons. The first-order valence-corrected chi connectivity index (χ1v) is 4.68. The number of carbonyl (C=O) groups excluding carboxylic acids is 1. The number of carbonyl (C=O) groups is 1. The predicted molar refractivity (Wildman–Crippen MR) is 48.8 cm³/mol. The van der Waals surface area contributed by atoms with Crippen molar-refractivity contribution in [1.29, 1.82) is 0 Å². The molecule has 14 heavy (non-hydrogen) atoms. The fraction of sp³-hybridized carbons (Fsp3) is 0.400. The van der Waals surface area contributed by atoms with E-state index in [-0.39, 0.29) is 11.4 Å². The highest BCUT2D eigenvalue weighted by molar-refractivity contribution is 5.99. The Morgan fingerprint density at radius 3 is 3.29 bits per heavy atom. The number of nitrogens with zero attached hydrogens (tertiary/aromatic N) is 1. The molecule has 1 aromatic heterocycles. The van der Waals surface area contributed by atoms with E-state index in [2.05, 4.69) is 10.3 Å². The highest BCUT2D eigenvalue weighted by Crippen LogP contribution is 2.35. The second kappa shape index (κ2) is 2.54. The highest BCUT2D eigenvalue weighted by atomic mass is 16.5. The summed E-state index contributed by atoms with van der Waals surface area (Å²) in [6.07, 6.45) is 2.54. The first-order valence-electron chi connectivity index (χ1n) is 4.68. The van der Waals surface area contributed by atoms with E-state index in [1.54, 1.807) is 12.3 Å². The summed E-state index contributed by atoms with van der Waals surface area (Å²) >= 11 is 0. The maximum Gasteiger partial charge on any atom is 0.254 e. The van der Waals surface area contributed by atoms with E-state index in [9.17, 15) is 4.79 Å². The molecular weight excluding hydrogens is 180 g/mol. The Morgan fingerprint density at radius 2 is 2.50 bits per heavy atom. The van der Waals surface area contributed by atoms with Crippen LogP contribution in [0.25, 0.3) is 0 Å². The fourth-order valence-corrected chi connectivity index (χ4v) is 2.16. The molecule has 1 spiro atoms. The molecule has 4 nitrogen and oxygen atoms in total. The van der Waals surface area contributed by atoms with Crippen LogP contribution in [0.15, 0.2) is 18.3 Å². The molecule has 0 aliphatic carbocycles. The normalized spacial score (nSPS) is 29.3. The molecule has 4 heteroatoms. The van der Waals surface area contributed by atoms with Gasteiger partial charge in [0.05, 0.1) is 17.9 Å². The molecule has 72 valence electrons. The maximum absolute atomic E-state index is 11.6. The summed E-state index contributed by atoms with van der Waals surface area (Å²) in [6.45, 7) is 1.24. The molecule has 1 atom stereocenters. The minimum atomic E-state index is -0.340. The number of hydrogen-bond donors (Lipinski definition) is 1. The number of aromatic nitrogens is 1. The fourth-order valence-electron chi connectivity index (χ4n) is 2.16. The largest absolute Gasteiger partial charge is 0.378 e. The van der Waals surface area contributed by atoms with Gasteiger partial charge in [0.15, 0.2) is 0 Å². The zero-order valence-corrected chi connectivity index (χ0v) is 7.62. The van der Waals surface area contributed by atoms with Gasteiger partial charge < -0.3 is 10.1 Å². The van der Waals surface area contributed by atoms with E-state index in [0.717, 1.165) is 12.1 Å². The number of hydrogen-bond acceptors (Lipinski definition) is 3. The first kappa shape index (κ1) is 7.94. The summed E-state index contributed by atoms with van der Waals surface area (Å²) in [5, 5.41) is 2.97. The van der Waals surface area contributed by atoms with Crippen molar-refractivity contribution in [3.63, 3.8) is 0 Å². The number of rotatable bonds is 0. The lowest BCUT2D eigenvalue weighted by Gasteiger charge is -2.20. The van der Waals surface area contributed by atoms with Crippen molar-refractivity contribution in [2.24, 2.45) is 0 Å². The highest BCUT2D eigenvalue weighted by Gasteiger charge is 2.46. The average Bonchev–Trinajstić information content (AvgIpc) is 2.77. The lowest BCUT2D eigenvalue weighted by molar-refractivity contribution is 0.0914. The monoisotopic (exact) mass is 190 g/mol. The quantitative estimate of drug-likeness (QED) is 0.645. The van der Waals surface area contributed by atoms with Gasteiger partial charge in [-0.3, -0.25) is 9.78 Å². The summed E-state index contributed by atoms with van der Waals surface area (Å²) in [6, 6.07) is 3.60. The number of nitrogens with one attached hydrogen (secondary N) is 1. The topological polar surface area (TPSA) is 51.2 Å². The van der Waals surface area contributed by atoms with E-state index < -0.39 is 0 Å². The number of pyridine rings is 1. The Labute approximate surface area is 81.3 Å². The van der Waals surface area contributed by atoms with Crippen LogP contribution in [0.3, 0.4) is 0 Å². The van der Waals surface area contributed by atoms with Crippen molar-refractivity contribution in [2.75, 3.05) is 13.2 Å². The first-order chi connectivity index (χ1) is 6.82. The number of fused-ring (bicyclic) bond motifs is 2. The Kier molecular flexibility index (Phi) is 1.44. The molecular formula is C10H10N2O2. The molecule has 1 aromatic rings. The third kappa shape index (κ3) is 0.861. The van der Waals surface area contributed by atoms with E-state index in [1.165, 1.54) is 0 Å². The van der Waals surface area contributed by atoms with E-state index in [1.807, 2.05) is 6.07 Å². The molecule has 1 saturated heterocycles. The second-order valence-electron chi connectivity index (χ2n) is 3.74. The minimum Gasteiger partial charge on any atom is -0.378 e. The van der Waals surface area contributed by atoms with Gasteiger partial charge in [0.25, 0.3) is 5.91 Å². The molecule has 1 unspecified atom stereocenters. The van der Waals surface area contributed by atoms with Gasteiger partial charge >= 0.3 is 0 Å². The molecule has 2 aliphatic heterocycles. The minimum absolute atomic E-state index is 0.0291. The summed E-state index contributed by atoms with van der Waals surface area (Å²) in [5.41, 5.74) is 1.20. The van der Waals surface area contributed by atoms with Crippen LogP contribution in [0.5, 0.6) is 0 Å². The summed E-state index contributed by atoms with van der Waals surface area (Å²) in [4.78, 5) is 15.9. The lowest BCUT2D eigenvalue weighted by Crippen LogP contribution is -2.40. The summed E-state index contributed by atoms with van der Waals surface area (Å²) < 4.78 is 5.33. The predicted octanol–water partition coefficient (Wildman–Crippen LogP) is 0.441. The molecule has 2 aliphatic rings. The van der Waals surface area contributed by atoms with Gasteiger partial charge in [0.1, 0.15) is 5.54 Å². The van der Waals surface area contributed by atoms with Crippen LogP contribution in [0.2, 0.25) is 0 Å². The second-order valence-corrected chi connectivity index (χ2v) is 3.74. The average molecular weight is 190 g/mol. The summed E-state index contributed by atoms with van der Waals surface area (Å²) in [5.74, 6) is -0.0291. The van der Waals surface area contributed by atoms with E-state index in [4.69, 9.17) is 4.74 Å². The molecule has 0 saturated carbocycles. The van der Waals surface area contributed by atoms with Gasteiger partial charge in [-0.2, -0.15) is 0 Å². The van der Waals surface area contributed by atoms with Gasteiger partial charge in [-0.25, -0.2) is 0 Å². The van der Waals surface area contributed by atoms with Gasteiger partial charge in [0, 0.05) is 19.2 Å². The number of amides is 1. The maximum atomic E-state index is 11.6. The van der Waals surface area contributed by atoms with Gasteiger partial charge in [0.2, 0.25) is 0 Å². The van der Waals surface area contributed by atoms with Crippen LogP contribution in [0.4, 0.5) is 0 Å². The van der Waals surface area contributed by atoms with Crippen molar-refractivity contribution >= 4 is 5.91 Å². The third-order valence-corrected chi connectivity index (χ3v) is 2.88. The van der Waals surface area contributed by atoms with E-state index >= 15 is 0 Å². The zero-order valence-electron chi connectivity index (χ0n) is 7.62. The molecule has 1 fully saturated rings. The Hall–Kier alpha value is -1.42. The SMILES string of the molecule is O=C1NC2(CCOC2)c2ncccc21. The van der Waals surface area contributed by atoms with Crippen LogP contribution in [-0.2, 0) is 10.3 Å². The Morgan fingerprint density at radius 1 is 1.57 bits per heavy atom. The molecule has 1 amide bonds. The van der Waals surface area contributed by atoms with Crippen LogP contribution in [0.1, 0.15) is 22.5 Å². The van der Waals surface area contributed by atoms with Gasteiger partial charge in [-0.1, -0.05) is 0 Å². The molecule has 1 N–H and O–H groups in total. The zero-order chi connectivity index (χ0) is 9.60. The van der Waals surface area contributed by atoms with Crippen LogP contribution in [0, 0.1) is 0 Å². The lowest BCUT2D eigenvalue weighted by atomic mass is 9.95. The Balaban J connectivity index is 2.18. The standard InChI is InChI=1S/C10H10N2O2/c13-9-7-2-1-4-11-8(7)10(12-9)3-5-14-6-10/h1-2,4H,3,5-6H2,(H,12,13). The molecule has 0 aromatic carbocycles. The molecule has 3 rings (SSSR count). The van der Waals surface area contributed by atoms with Crippen molar-refractivity contribution in [2.45, 2.75) is 12.0 Å². The molecule has 3 heterocycles. The van der Waals surface area contributed by atoms with Crippen LogP contribution in [-0.4, -0.2) is 24.1 Å². The van der Waals surface area contributed by atoms with Gasteiger partial charge in [-0.05, 0) is 12.1 Å². The Bertz CT molecular complexity index is 397. The van der Waals surface area contributed by atoms with Crippen LogP contribution >= 0.6 is 0 Å². The smallest absolute Gasteiger partial charge is 0.254 e.